The number of rotatable bonds is 7. The highest BCUT2D eigenvalue weighted by molar-refractivity contribution is 7.10. The highest BCUT2D eigenvalue weighted by Crippen LogP contribution is 2.35. The molecule has 0 spiro atoms. The lowest BCUT2D eigenvalue weighted by Gasteiger charge is -2.24. The molecule has 6 nitrogen and oxygen atoms in total. The van der Waals surface area contributed by atoms with Crippen LogP contribution in [0.5, 0.6) is 5.75 Å². The van der Waals surface area contributed by atoms with Crippen LogP contribution in [0, 0.1) is 0 Å². The second-order valence-corrected chi connectivity index (χ2v) is 8.00. The van der Waals surface area contributed by atoms with Crippen molar-refractivity contribution in [3.8, 4) is 5.75 Å². The van der Waals surface area contributed by atoms with E-state index in [1.54, 1.807) is 29.7 Å². The minimum Gasteiger partial charge on any atom is -0.497 e. The topological polar surface area (TPSA) is 58.3 Å². The number of hydrogen-bond donors (Lipinski definition) is 0. The minimum absolute atomic E-state index is 0.0269. The molecule has 0 radical (unpaired) electrons. The van der Waals surface area contributed by atoms with E-state index < -0.39 is 0 Å². The Kier molecular flexibility index (Phi) is 5.78. The first-order chi connectivity index (χ1) is 14.1. The zero-order valence-corrected chi connectivity index (χ0v) is 17.3. The number of furan rings is 1. The van der Waals surface area contributed by atoms with E-state index in [1.807, 2.05) is 59.8 Å². The van der Waals surface area contributed by atoms with Gasteiger partial charge in [0.25, 0.3) is 5.91 Å². The summed E-state index contributed by atoms with van der Waals surface area (Å²) in [6.45, 7) is 0.949. The SMILES string of the molecule is COc1ccc(CN(C)CC(=O)N2N=C(c3ccco3)CC2c2cccs2)cc1. The molecular formula is C22H23N3O3S. The molecule has 0 saturated heterocycles. The quantitative estimate of drug-likeness (QED) is 0.588. The van der Waals surface area contributed by atoms with E-state index >= 15 is 0 Å². The molecule has 3 heterocycles. The number of thiophene rings is 1. The van der Waals surface area contributed by atoms with Crippen LogP contribution in [-0.4, -0.2) is 42.2 Å². The second-order valence-electron chi connectivity index (χ2n) is 7.02. The summed E-state index contributed by atoms with van der Waals surface area (Å²) in [5, 5.41) is 8.27. The molecule has 1 aliphatic rings. The number of hydrazone groups is 1. The summed E-state index contributed by atoms with van der Waals surface area (Å²) < 4.78 is 10.7. The molecule has 0 N–H and O–H groups in total. The van der Waals surface area contributed by atoms with Gasteiger partial charge < -0.3 is 9.15 Å². The van der Waals surface area contributed by atoms with E-state index in [-0.39, 0.29) is 18.5 Å². The predicted octanol–water partition coefficient (Wildman–Crippen LogP) is 4.16. The molecule has 2 aromatic heterocycles. The number of benzene rings is 1. The van der Waals surface area contributed by atoms with Crippen molar-refractivity contribution in [1.82, 2.24) is 9.91 Å². The molecule has 1 atom stereocenters. The van der Waals surface area contributed by atoms with E-state index in [0.717, 1.165) is 21.9 Å². The first-order valence-corrected chi connectivity index (χ1v) is 10.3. The predicted molar refractivity (Wildman–Crippen MR) is 113 cm³/mol. The standard InChI is InChI=1S/C22H23N3O3S/c1-24(14-16-7-9-17(27-2)10-8-16)15-22(26)25-19(21-6-4-12-29-21)13-18(23-25)20-5-3-11-28-20/h3-12,19H,13-15H2,1-2H3. The van der Waals surface area contributed by atoms with Gasteiger partial charge in [0.2, 0.25) is 0 Å². The molecule has 1 aromatic carbocycles. The summed E-state index contributed by atoms with van der Waals surface area (Å²) in [6.07, 6.45) is 2.28. The first kappa shape index (κ1) is 19.4. The smallest absolute Gasteiger partial charge is 0.257 e. The Hall–Kier alpha value is -2.90. The van der Waals surface area contributed by atoms with E-state index in [2.05, 4.69) is 11.2 Å². The van der Waals surface area contributed by atoms with Gasteiger partial charge in [0.05, 0.1) is 26.0 Å². The molecular weight excluding hydrogens is 386 g/mol. The summed E-state index contributed by atoms with van der Waals surface area (Å²) in [5.41, 5.74) is 1.93. The molecule has 0 bridgehead atoms. The fraction of sp³-hybridized carbons (Fsp3) is 0.273. The maximum atomic E-state index is 13.1. The molecule has 0 fully saturated rings. The summed E-state index contributed by atoms with van der Waals surface area (Å²) >= 11 is 1.64. The van der Waals surface area contributed by atoms with Crippen molar-refractivity contribution in [2.75, 3.05) is 20.7 Å². The van der Waals surface area contributed by atoms with Gasteiger partial charge in [-0.05, 0) is 48.3 Å². The van der Waals surface area contributed by atoms with Crippen molar-refractivity contribution < 1.29 is 13.9 Å². The second kappa shape index (κ2) is 8.63. The zero-order valence-electron chi connectivity index (χ0n) is 16.4. The van der Waals surface area contributed by atoms with Gasteiger partial charge in [0.15, 0.2) is 0 Å². The lowest BCUT2D eigenvalue weighted by Crippen LogP contribution is -2.36. The summed E-state index contributed by atoms with van der Waals surface area (Å²) in [5.74, 6) is 1.51. The van der Waals surface area contributed by atoms with Crippen molar-refractivity contribution in [3.63, 3.8) is 0 Å². The summed E-state index contributed by atoms with van der Waals surface area (Å²) in [4.78, 5) is 16.2. The van der Waals surface area contributed by atoms with Crippen LogP contribution in [0.15, 0.2) is 69.7 Å². The van der Waals surface area contributed by atoms with Gasteiger partial charge in [-0.3, -0.25) is 9.69 Å². The van der Waals surface area contributed by atoms with Gasteiger partial charge >= 0.3 is 0 Å². The van der Waals surface area contributed by atoms with Crippen LogP contribution in [0.25, 0.3) is 0 Å². The zero-order chi connectivity index (χ0) is 20.2. The Balaban J connectivity index is 1.46. The number of ether oxygens (including phenoxy) is 1. The number of carbonyl (C=O) groups is 1. The normalized spacial score (nSPS) is 16.3. The summed E-state index contributed by atoms with van der Waals surface area (Å²) in [6, 6.07) is 15.6. The van der Waals surface area contributed by atoms with Crippen LogP contribution in [-0.2, 0) is 11.3 Å². The third-order valence-electron chi connectivity index (χ3n) is 4.86. The Morgan fingerprint density at radius 2 is 2.10 bits per heavy atom. The molecule has 1 aliphatic heterocycles. The van der Waals surface area contributed by atoms with Gasteiger partial charge in [-0.25, -0.2) is 5.01 Å². The number of amides is 1. The van der Waals surface area contributed by atoms with Crippen molar-refractivity contribution in [2.45, 2.75) is 19.0 Å². The molecule has 29 heavy (non-hydrogen) atoms. The number of likely N-dealkylation sites (N-methyl/N-ethyl adjacent to an activating group) is 1. The highest BCUT2D eigenvalue weighted by atomic mass is 32.1. The Labute approximate surface area is 174 Å². The lowest BCUT2D eigenvalue weighted by atomic mass is 10.1. The third-order valence-corrected chi connectivity index (χ3v) is 5.83. The molecule has 150 valence electrons. The van der Waals surface area contributed by atoms with Gasteiger partial charge in [-0.2, -0.15) is 5.10 Å². The van der Waals surface area contributed by atoms with Crippen LogP contribution in [0.4, 0.5) is 0 Å². The molecule has 0 aliphatic carbocycles. The van der Waals surface area contributed by atoms with Gasteiger partial charge in [-0.1, -0.05) is 18.2 Å². The van der Waals surface area contributed by atoms with Crippen molar-refractivity contribution in [2.24, 2.45) is 5.10 Å². The third kappa shape index (κ3) is 4.41. The fourth-order valence-corrected chi connectivity index (χ4v) is 4.25. The largest absolute Gasteiger partial charge is 0.497 e. The monoisotopic (exact) mass is 409 g/mol. The summed E-state index contributed by atoms with van der Waals surface area (Å²) in [7, 11) is 3.59. The number of nitrogens with zero attached hydrogens (tertiary/aromatic N) is 3. The van der Waals surface area contributed by atoms with Crippen LogP contribution < -0.4 is 4.74 Å². The molecule has 4 rings (SSSR count). The van der Waals surface area contributed by atoms with Crippen molar-refractivity contribution >= 4 is 23.0 Å². The van der Waals surface area contributed by atoms with Crippen molar-refractivity contribution in [1.29, 1.82) is 0 Å². The average molecular weight is 410 g/mol. The molecule has 0 saturated carbocycles. The minimum atomic E-state index is -0.0861. The Morgan fingerprint density at radius 3 is 2.76 bits per heavy atom. The van der Waals surface area contributed by atoms with E-state index in [1.165, 1.54) is 0 Å². The molecule has 7 heteroatoms. The van der Waals surface area contributed by atoms with E-state index in [4.69, 9.17) is 9.15 Å². The average Bonchev–Trinajstić information content (AvgIpc) is 3.49. The maximum absolute atomic E-state index is 13.1. The number of methoxy groups -OCH3 is 1. The van der Waals surface area contributed by atoms with Crippen LogP contribution in [0.1, 0.15) is 28.7 Å². The first-order valence-electron chi connectivity index (χ1n) is 9.42. The van der Waals surface area contributed by atoms with Gasteiger partial charge in [0.1, 0.15) is 17.2 Å². The highest BCUT2D eigenvalue weighted by Gasteiger charge is 2.34. The van der Waals surface area contributed by atoms with E-state index in [9.17, 15) is 4.79 Å². The van der Waals surface area contributed by atoms with Crippen LogP contribution in [0.3, 0.4) is 0 Å². The Bertz CT molecular complexity index is 965. The van der Waals surface area contributed by atoms with Crippen LogP contribution in [0.2, 0.25) is 0 Å². The van der Waals surface area contributed by atoms with Gasteiger partial charge in [0, 0.05) is 17.8 Å². The lowest BCUT2D eigenvalue weighted by molar-refractivity contribution is -0.134. The van der Waals surface area contributed by atoms with Gasteiger partial charge in [-0.15, -0.1) is 11.3 Å². The molecule has 3 aromatic rings. The maximum Gasteiger partial charge on any atom is 0.257 e. The number of hydrogen-bond acceptors (Lipinski definition) is 6. The van der Waals surface area contributed by atoms with E-state index in [0.29, 0.717) is 18.7 Å². The molecule has 1 unspecified atom stereocenters. The molecule has 1 amide bonds. The number of carbonyl (C=O) groups excluding carboxylic acids is 1. The van der Waals surface area contributed by atoms with Crippen molar-refractivity contribution in [3.05, 3.63) is 76.4 Å². The van der Waals surface area contributed by atoms with Crippen LogP contribution >= 0.6 is 11.3 Å². The Morgan fingerprint density at radius 1 is 1.28 bits per heavy atom. The fourth-order valence-electron chi connectivity index (χ4n) is 3.44.